The number of rotatable bonds is 1. The van der Waals surface area contributed by atoms with Crippen LogP contribution in [-0.2, 0) is 4.74 Å². The first-order chi connectivity index (χ1) is 5.85. The fourth-order valence-corrected chi connectivity index (χ4v) is 2.31. The summed E-state index contributed by atoms with van der Waals surface area (Å²) in [6, 6.07) is 0. The van der Waals surface area contributed by atoms with Gasteiger partial charge < -0.3 is 15.8 Å². The van der Waals surface area contributed by atoms with Crippen molar-refractivity contribution < 1.29 is 4.74 Å². The maximum absolute atomic E-state index is 5.97. The molecule has 0 unspecified atom stereocenters. The van der Waals surface area contributed by atoms with E-state index >= 15 is 0 Å². The fourth-order valence-electron chi connectivity index (χ4n) is 2.31. The summed E-state index contributed by atoms with van der Waals surface area (Å²) in [7, 11) is 0. The molecule has 2 fully saturated rings. The van der Waals surface area contributed by atoms with Gasteiger partial charge in [0.05, 0.1) is 11.7 Å². The van der Waals surface area contributed by atoms with Crippen molar-refractivity contribution in [3.63, 3.8) is 0 Å². The van der Waals surface area contributed by atoms with Gasteiger partial charge in [0.1, 0.15) is 0 Å². The van der Waals surface area contributed by atoms with E-state index in [4.69, 9.17) is 10.5 Å². The molecule has 0 saturated carbocycles. The van der Waals surface area contributed by atoms with E-state index in [1.54, 1.807) is 0 Å². The maximum Gasteiger partial charge on any atom is 0.0712 e. The van der Waals surface area contributed by atoms with Gasteiger partial charge in [-0.25, -0.2) is 0 Å². The fraction of sp³-hybridized carbons (Fsp3) is 1.00. The molecule has 2 saturated heterocycles. The molecule has 70 valence electrons. The Morgan fingerprint density at radius 2 is 2.08 bits per heavy atom. The molecule has 0 aromatic heterocycles. The van der Waals surface area contributed by atoms with Gasteiger partial charge in [0.2, 0.25) is 0 Å². The molecule has 1 atom stereocenters. The lowest BCUT2D eigenvalue weighted by atomic mass is 9.89. The van der Waals surface area contributed by atoms with Crippen molar-refractivity contribution in [2.75, 3.05) is 19.6 Å². The Morgan fingerprint density at radius 3 is 2.67 bits per heavy atom. The van der Waals surface area contributed by atoms with Crippen LogP contribution in [-0.4, -0.2) is 31.3 Å². The average Bonchev–Trinajstić information content (AvgIpc) is 2.50. The number of nitrogens with two attached hydrogens (primary N) is 1. The topological polar surface area (TPSA) is 47.3 Å². The Bertz CT molecular complexity index is 155. The summed E-state index contributed by atoms with van der Waals surface area (Å²) >= 11 is 0. The molecule has 0 aromatic rings. The summed E-state index contributed by atoms with van der Waals surface area (Å²) in [5, 5.41) is 3.36. The van der Waals surface area contributed by atoms with Crippen LogP contribution in [0.1, 0.15) is 25.7 Å². The van der Waals surface area contributed by atoms with Gasteiger partial charge in [-0.3, -0.25) is 0 Å². The van der Waals surface area contributed by atoms with Crippen molar-refractivity contribution in [2.24, 2.45) is 5.73 Å². The molecule has 3 heteroatoms. The number of piperidine rings is 1. The molecule has 0 aromatic carbocycles. The van der Waals surface area contributed by atoms with E-state index in [1.165, 1.54) is 19.3 Å². The highest BCUT2D eigenvalue weighted by Gasteiger charge is 2.40. The van der Waals surface area contributed by atoms with E-state index in [9.17, 15) is 0 Å². The molecule has 0 bridgehead atoms. The van der Waals surface area contributed by atoms with E-state index < -0.39 is 0 Å². The highest BCUT2D eigenvalue weighted by Crippen LogP contribution is 2.36. The largest absolute Gasteiger partial charge is 0.370 e. The van der Waals surface area contributed by atoms with E-state index in [0.717, 1.165) is 19.5 Å². The summed E-state index contributed by atoms with van der Waals surface area (Å²) in [6.45, 7) is 2.91. The molecule has 1 spiro atoms. The van der Waals surface area contributed by atoms with Gasteiger partial charge in [-0.2, -0.15) is 0 Å². The molecule has 0 aliphatic carbocycles. The molecular weight excluding hydrogens is 152 g/mol. The third-order valence-corrected chi connectivity index (χ3v) is 3.12. The quantitative estimate of drug-likeness (QED) is 0.593. The smallest absolute Gasteiger partial charge is 0.0712 e. The second-order valence-electron chi connectivity index (χ2n) is 3.95. The summed E-state index contributed by atoms with van der Waals surface area (Å²) < 4.78 is 5.97. The summed E-state index contributed by atoms with van der Waals surface area (Å²) in [6.07, 6.45) is 5.06. The van der Waals surface area contributed by atoms with Crippen LogP contribution in [0.5, 0.6) is 0 Å². The van der Waals surface area contributed by atoms with Gasteiger partial charge in [-0.05, 0) is 38.8 Å². The lowest BCUT2D eigenvalue weighted by molar-refractivity contribution is -0.0557. The normalized spacial score (nSPS) is 34.2. The Balaban J connectivity index is 1.94. The second-order valence-corrected chi connectivity index (χ2v) is 3.95. The number of ether oxygens (including phenoxy) is 1. The molecule has 3 N–H and O–H groups in total. The van der Waals surface area contributed by atoms with Crippen LogP contribution in [0.4, 0.5) is 0 Å². The first-order valence-electron chi connectivity index (χ1n) is 4.93. The predicted molar refractivity (Wildman–Crippen MR) is 48.0 cm³/mol. The zero-order valence-corrected chi connectivity index (χ0v) is 7.51. The van der Waals surface area contributed by atoms with Crippen molar-refractivity contribution in [2.45, 2.75) is 37.4 Å². The second kappa shape index (κ2) is 3.32. The van der Waals surface area contributed by atoms with Crippen molar-refractivity contribution >= 4 is 0 Å². The first-order valence-corrected chi connectivity index (χ1v) is 4.93. The maximum atomic E-state index is 5.97. The first kappa shape index (κ1) is 8.48. The molecule has 0 radical (unpaired) electrons. The van der Waals surface area contributed by atoms with Crippen LogP contribution in [0.3, 0.4) is 0 Å². The Hall–Kier alpha value is -0.120. The molecule has 12 heavy (non-hydrogen) atoms. The van der Waals surface area contributed by atoms with Crippen LogP contribution in [0.2, 0.25) is 0 Å². The van der Waals surface area contributed by atoms with E-state index in [0.29, 0.717) is 12.6 Å². The van der Waals surface area contributed by atoms with Crippen LogP contribution < -0.4 is 11.1 Å². The van der Waals surface area contributed by atoms with E-state index in [-0.39, 0.29) is 5.60 Å². The van der Waals surface area contributed by atoms with Gasteiger partial charge in [0.15, 0.2) is 0 Å². The standard InChI is InChI=1S/C9H18N2O/c10-7-8-1-2-9(12-8)3-5-11-6-4-9/h8,11H,1-7,10H2/t8-/m1/s1. The van der Waals surface area contributed by atoms with Gasteiger partial charge in [-0.15, -0.1) is 0 Å². The third-order valence-electron chi connectivity index (χ3n) is 3.12. The Kier molecular flexibility index (Phi) is 2.35. The van der Waals surface area contributed by atoms with Gasteiger partial charge in [-0.1, -0.05) is 0 Å². The zero-order valence-electron chi connectivity index (χ0n) is 7.51. The molecule has 2 aliphatic rings. The van der Waals surface area contributed by atoms with E-state index in [2.05, 4.69) is 5.32 Å². The highest BCUT2D eigenvalue weighted by atomic mass is 16.5. The van der Waals surface area contributed by atoms with Gasteiger partial charge >= 0.3 is 0 Å². The van der Waals surface area contributed by atoms with Crippen molar-refractivity contribution in [1.82, 2.24) is 5.32 Å². The lowest BCUT2D eigenvalue weighted by Gasteiger charge is -2.33. The Labute approximate surface area is 73.7 Å². The lowest BCUT2D eigenvalue weighted by Crippen LogP contribution is -2.42. The van der Waals surface area contributed by atoms with Gasteiger partial charge in [0, 0.05) is 6.54 Å². The van der Waals surface area contributed by atoms with Crippen LogP contribution in [0.15, 0.2) is 0 Å². The van der Waals surface area contributed by atoms with Gasteiger partial charge in [0.25, 0.3) is 0 Å². The number of hydrogen-bond acceptors (Lipinski definition) is 3. The van der Waals surface area contributed by atoms with Crippen LogP contribution in [0.25, 0.3) is 0 Å². The molecule has 3 nitrogen and oxygen atoms in total. The highest BCUT2D eigenvalue weighted by molar-refractivity contribution is 4.92. The minimum Gasteiger partial charge on any atom is -0.370 e. The van der Waals surface area contributed by atoms with Crippen LogP contribution in [0, 0.1) is 0 Å². The minimum absolute atomic E-state index is 0.204. The predicted octanol–water partition coefficient (Wildman–Crippen LogP) is 0.246. The van der Waals surface area contributed by atoms with Crippen LogP contribution >= 0.6 is 0 Å². The Morgan fingerprint density at radius 1 is 1.33 bits per heavy atom. The molecule has 2 aliphatic heterocycles. The van der Waals surface area contributed by atoms with Crippen molar-refractivity contribution in [3.8, 4) is 0 Å². The van der Waals surface area contributed by atoms with E-state index in [1.807, 2.05) is 0 Å². The summed E-state index contributed by atoms with van der Waals surface area (Å²) in [4.78, 5) is 0. The van der Waals surface area contributed by atoms with Crippen molar-refractivity contribution in [1.29, 1.82) is 0 Å². The van der Waals surface area contributed by atoms with Crippen molar-refractivity contribution in [3.05, 3.63) is 0 Å². The number of nitrogens with one attached hydrogen (secondary N) is 1. The third kappa shape index (κ3) is 1.49. The average molecular weight is 170 g/mol. The monoisotopic (exact) mass is 170 g/mol. The molecule has 2 heterocycles. The number of hydrogen-bond donors (Lipinski definition) is 2. The minimum atomic E-state index is 0.204. The summed E-state index contributed by atoms with van der Waals surface area (Å²) in [5.74, 6) is 0. The molecule has 2 rings (SSSR count). The molecular formula is C9H18N2O. The SMILES string of the molecule is NC[C@H]1CCC2(CCNCC2)O1. The summed E-state index contributed by atoms with van der Waals surface area (Å²) in [5.41, 5.74) is 5.79. The molecule has 0 amide bonds. The zero-order chi connectivity index (χ0) is 8.44.